The summed E-state index contributed by atoms with van der Waals surface area (Å²) in [4.78, 5) is 11.5. The van der Waals surface area contributed by atoms with Crippen molar-refractivity contribution in [2.24, 2.45) is 5.73 Å². The number of ketones is 1. The van der Waals surface area contributed by atoms with Gasteiger partial charge in [0.2, 0.25) is 0 Å². The Hall–Kier alpha value is -1.40. The number of phenols is 1. The number of nitrogens with two attached hydrogens (primary N) is 1. The molecule has 0 amide bonds. The minimum absolute atomic E-state index is 0.0000926. The molecule has 1 aromatic carbocycles. The van der Waals surface area contributed by atoms with Crippen molar-refractivity contribution < 1.29 is 18.3 Å². The van der Waals surface area contributed by atoms with Crippen LogP contribution in [0, 0.1) is 0 Å². The molecular formula is C10H13NO4S. The molecule has 0 heterocycles. The highest BCUT2D eigenvalue weighted by Crippen LogP contribution is 2.26. The van der Waals surface area contributed by atoms with Gasteiger partial charge in [0.25, 0.3) is 0 Å². The van der Waals surface area contributed by atoms with Crippen molar-refractivity contribution in [3.05, 3.63) is 23.8 Å². The molecule has 0 bridgehead atoms. The van der Waals surface area contributed by atoms with Gasteiger partial charge in [0.1, 0.15) is 5.75 Å². The topological polar surface area (TPSA) is 97.5 Å². The van der Waals surface area contributed by atoms with Crippen LogP contribution in [0.1, 0.15) is 16.8 Å². The van der Waals surface area contributed by atoms with Crippen LogP contribution in [-0.4, -0.2) is 32.1 Å². The monoisotopic (exact) mass is 243 g/mol. The lowest BCUT2D eigenvalue weighted by molar-refractivity contribution is 0.0979. The first-order valence-corrected chi connectivity index (χ1v) is 6.52. The second kappa shape index (κ2) is 4.63. The second-order valence-electron chi connectivity index (χ2n) is 3.38. The van der Waals surface area contributed by atoms with E-state index in [1.165, 1.54) is 18.2 Å². The van der Waals surface area contributed by atoms with E-state index in [9.17, 15) is 18.3 Å². The first-order chi connectivity index (χ1) is 7.38. The van der Waals surface area contributed by atoms with Gasteiger partial charge in [0.15, 0.2) is 15.6 Å². The molecule has 0 saturated carbocycles. The fourth-order valence-corrected chi connectivity index (χ4v) is 2.28. The molecule has 5 nitrogen and oxygen atoms in total. The Kier molecular flexibility index (Phi) is 3.66. The summed E-state index contributed by atoms with van der Waals surface area (Å²) in [5.41, 5.74) is 5.05. The molecule has 0 spiro atoms. The fourth-order valence-electron chi connectivity index (χ4n) is 1.36. The number of hydrogen-bond acceptors (Lipinski definition) is 5. The zero-order valence-corrected chi connectivity index (χ0v) is 9.62. The molecule has 0 atom stereocenters. The Morgan fingerprint density at radius 3 is 2.56 bits per heavy atom. The normalized spacial score (nSPS) is 11.4. The Balaban J connectivity index is 3.41. The van der Waals surface area contributed by atoms with Gasteiger partial charge in [-0.25, -0.2) is 8.42 Å². The third-order valence-electron chi connectivity index (χ3n) is 2.05. The highest BCUT2D eigenvalue weighted by molar-refractivity contribution is 7.90. The lowest BCUT2D eigenvalue weighted by Crippen LogP contribution is -2.12. The zero-order chi connectivity index (χ0) is 12.3. The molecule has 0 radical (unpaired) electrons. The lowest BCUT2D eigenvalue weighted by atomic mass is 10.1. The molecule has 88 valence electrons. The molecule has 1 aromatic rings. The number of carbonyl (C=O) groups excluding carboxylic acids is 1. The Labute approximate surface area is 93.8 Å². The molecule has 1 rings (SSSR count). The van der Waals surface area contributed by atoms with Crippen LogP contribution in [0.4, 0.5) is 0 Å². The zero-order valence-electron chi connectivity index (χ0n) is 8.80. The molecule has 6 heteroatoms. The maximum Gasteiger partial charge on any atom is 0.176 e. The summed E-state index contributed by atoms with van der Waals surface area (Å²) in [7, 11) is -3.54. The number of phenolic OH excluding ortho intramolecular Hbond substituents is 1. The van der Waals surface area contributed by atoms with Crippen LogP contribution < -0.4 is 5.73 Å². The van der Waals surface area contributed by atoms with Gasteiger partial charge in [0.05, 0.1) is 10.5 Å². The second-order valence-corrected chi connectivity index (χ2v) is 5.37. The molecular weight excluding hydrogens is 230 g/mol. The Bertz CT molecular complexity index is 508. The van der Waals surface area contributed by atoms with E-state index in [-0.39, 0.29) is 29.2 Å². The van der Waals surface area contributed by atoms with Crippen LogP contribution in [0.15, 0.2) is 23.1 Å². The van der Waals surface area contributed by atoms with Crippen molar-refractivity contribution >= 4 is 15.6 Å². The molecule has 0 unspecified atom stereocenters. The highest BCUT2D eigenvalue weighted by Gasteiger charge is 2.21. The van der Waals surface area contributed by atoms with E-state index in [2.05, 4.69) is 0 Å². The molecule has 0 aliphatic heterocycles. The number of sulfone groups is 1. The molecule has 0 aromatic heterocycles. The van der Waals surface area contributed by atoms with Gasteiger partial charge < -0.3 is 10.8 Å². The first-order valence-electron chi connectivity index (χ1n) is 4.63. The van der Waals surface area contributed by atoms with Crippen LogP contribution in [0.25, 0.3) is 0 Å². The number of rotatable bonds is 4. The number of Topliss-reactive ketones (excluding diaryl/α,β-unsaturated/α-hetero) is 1. The number of hydrogen-bond donors (Lipinski definition) is 2. The lowest BCUT2D eigenvalue weighted by Gasteiger charge is -2.08. The van der Waals surface area contributed by atoms with Crippen LogP contribution in [0.2, 0.25) is 0 Å². The third kappa shape index (κ3) is 2.59. The predicted molar refractivity (Wildman–Crippen MR) is 59.2 cm³/mol. The van der Waals surface area contributed by atoms with Crippen molar-refractivity contribution in [2.45, 2.75) is 11.3 Å². The average molecular weight is 243 g/mol. The summed E-state index contributed by atoms with van der Waals surface area (Å²) in [6.45, 7) is 0.108. The van der Waals surface area contributed by atoms with Crippen LogP contribution in [-0.2, 0) is 9.84 Å². The molecule has 0 fully saturated rings. The van der Waals surface area contributed by atoms with Crippen LogP contribution in [0.3, 0.4) is 0 Å². The van der Waals surface area contributed by atoms with Crippen molar-refractivity contribution in [3.63, 3.8) is 0 Å². The van der Waals surface area contributed by atoms with Crippen molar-refractivity contribution in [1.82, 2.24) is 0 Å². The van der Waals surface area contributed by atoms with Gasteiger partial charge in [-0.2, -0.15) is 0 Å². The molecule has 16 heavy (non-hydrogen) atoms. The average Bonchev–Trinajstić information content (AvgIpc) is 2.16. The SMILES string of the molecule is CS(=O)(=O)c1cccc(O)c1C(=O)CCN. The quantitative estimate of drug-likeness (QED) is 0.742. The van der Waals surface area contributed by atoms with Gasteiger partial charge >= 0.3 is 0 Å². The van der Waals surface area contributed by atoms with Gasteiger partial charge in [0, 0.05) is 12.7 Å². The van der Waals surface area contributed by atoms with E-state index in [1.807, 2.05) is 0 Å². The van der Waals surface area contributed by atoms with E-state index in [4.69, 9.17) is 5.73 Å². The van der Waals surface area contributed by atoms with E-state index < -0.39 is 15.6 Å². The standard InChI is InChI=1S/C10H13NO4S/c1-16(14,15)9-4-2-3-7(12)10(9)8(13)5-6-11/h2-4,12H,5-6,11H2,1H3. The summed E-state index contributed by atoms with van der Waals surface area (Å²) >= 11 is 0. The number of aromatic hydroxyl groups is 1. The van der Waals surface area contributed by atoms with Crippen LogP contribution >= 0.6 is 0 Å². The summed E-state index contributed by atoms with van der Waals surface area (Å²) < 4.78 is 22.8. The third-order valence-corrected chi connectivity index (χ3v) is 3.19. The Morgan fingerprint density at radius 1 is 1.44 bits per heavy atom. The smallest absolute Gasteiger partial charge is 0.176 e. The maximum absolute atomic E-state index is 11.6. The van der Waals surface area contributed by atoms with Crippen LogP contribution in [0.5, 0.6) is 5.75 Å². The molecule has 0 aliphatic rings. The Morgan fingerprint density at radius 2 is 2.06 bits per heavy atom. The minimum Gasteiger partial charge on any atom is -0.507 e. The molecule has 0 saturated heterocycles. The van der Waals surface area contributed by atoms with Gasteiger partial charge in [-0.1, -0.05) is 6.07 Å². The van der Waals surface area contributed by atoms with E-state index in [0.29, 0.717) is 0 Å². The van der Waals surface area contributed by atoms with Crippen molar-refractivity contribution in [2.75, 3.05) is 12.8 Å². The largest absolute Gasteiger partial charge is 0.507 e. The summed E-state index contributed by atoms with van der Waals surface area (Å²) in [6, 6.07) is 3.95. The maximum atomic E-state index is 11.6. The van der Waals surface area contributed by atoms with E-state index in [1.54, 1.807) is 0 Å². The van der Waals surface area contributed by atoms with Gasteiger partial charge in [-0.3, -0.25) is 4.79 Å². The van der Waals surface area contributed by atoms with Gasteiger partial charge in [-0.05, 0) is 18.7 Å². The summed E-state index contributed by atoms with van der Waals surface area (Å²) in [6.07, 6.45) is 0.987. The van der Waals surface area contributed by atoms with E-state index in [0.717, 1.165) is 6.26 Å². The van der Waals surface area contributed by atoms with Crippen molar-refractivity contribution in [1.29, 1.82) is 0 Å². The summed E-state index contributed by atoms with van der Waals surface area (Å²) in [5, 5.41) is 9.53. The molecule has 3 N–H and O–H groups in total. The van der Waals surface area contributed by atoms with E-state index >= 15 is 0 Å². The number of carbonyl (C=O) groups is 1. The first kappa shape index (κ1) is 12.7. The van der Waals surface area contributed by atoms with Gasteiger partial charge in [-0.15, -0.1) is 0 Å². The molecule has 0 aliphatic carbocycles. The highest BCUT2D eigenvalue weighted by atomic mass is 32.2. The minimum atomic E-state index is -3.54. The number of benzene rings is 1. The fraction of sp³-hybridized carbons (Fsp3) is 0.300. The predicted octanol–water partition coefficient (Wildman–Crippen LogP) is 0.327. The van der Waals surface area contributed by atoms with Crippen molar-refractivity contribution in [3.8, 4) is 5.75 Å². The summed E-state index contributed by atoms with van der Waals surface area (Å²) in [5.74, 6) is -0.803.